The molecule has 0 amide bonds. The Bertz CT molecular complexity index is 652. The van der Waals surface area contributed by atoms with Crippen molar-refractivity contribution in [2.24, 2.45) is 4.99 Å². The third-order valence-corrected chi connectivity index (χ3v) is 6.50. The van der Waals surface area contributed by atoms with Gasteiger partial charge in [0.2, 0.25) is 0 Å². The van der Waals surface area contributed by atoms with Gasteiger partial charge in [-0.05, 0) is 83.5 Å². The molecule has 1 N–H and O–H groups in total. The summed E-state index contributed by atoms with van der Waals surface area (Å²) >= 11 is 0. The fourth-order valence-electron chi connectivity index (χ4n) is 4.61. The number of hydrogen-bond donors (Lipinski definition) is 1. The SMILES string of the molecule is CCNC(=NCC1(N2CCCCC2)CCN(C)CC1)N(C)Cc1ccc(F)cc1.I. The maximum absolute atomic E-state index is 13.2. The van der Waals surface area contributed by atoms with E-state index < -0.39 is 0 Å². The third-order valence-electron chi connectivity index (χ3n) is 6.50. The van der Waals surface area contributed by atoms with Crippen molar-refractivity contribution in [3.63, 3.8) is 0 Å². The molecule has 0 saturated carbocycles. The lowest BCUT2D eigenvalue weighted by atomic mass is 9.84. The van der Waals surface area contributed by atoms with Gasteiger partial charge in [-0.2, -0.15) is 0 Å². The quantitative estimate of drug-likeness (QED) is 0.344. The van der Waals surface area contributed by atoms with E-state index in [2.05, 4.69) is 41.0 Å². The molecule has 2 fully saturated rings. The fourth-order valence-corrected chi connectivity index (χ4v) is 4.61. The Kier molecular flexibility index (Phi) is 10.3. The average molecular weight is 532 g/mol. The highest BCUT2D eigenvalue weighted by molar-refractivity contribution is 14.0. The minimum atomic E-state index is -0.192. The van der Waals surface area contributed by atoms with Gasteiger partial charge in [-0.25, -0.2) is 4.39 Å². The van der Waals surface area contributed by atoms with Crippen molar-refractivity contribution in [2.75, 3.05) is 53.4 Å². The molecule has 30 heavy (non-hydrogen) atoms. The second kappa shape index (κ2) is 12.2. The molecule has 0 unspecified atom stereocenters. The average Bonchev–Trinajstić information content (AvgIpc) is 2.75. The van der Waals surface area contributed by atoms with Gasteiger partial charge in [0.15, 0.2) is 5.96 Å². The Morgan fingerprint density at radius 1 is 1.10 bits per heavy atom. The highest BCUT2D eigenvalue weighted by atomic mass is 127. The molecule has 2 aliphatic heterocycles. The van der Waals surface area contributed by atoms with Crippen LogP contribution >= 0.6 is 24.0 Å². The highest BCUT2D eigenvalue weighted by Gasteiger charge is 2.39. The summed E-state index contributed by atoms with van der Waals surface area (Å²) in [6, 6.07) is 6.75. The fraction of sp³-hybridized carbons (Fsp3) is 0.696. The molecule has 1 aromatic carbocycles. The Morgan fingerprint density at radius 2 is 1.73 bits per heavy atom. The lowest BCUT2D eigenvalue weighted by Gasteiger charge is -2.49. The van der Waals surface area contributed by atoms with Gasteiger partial charge in [-0.1, -0.05) is 18.6 Å². The van der Waals surface area contributed by atoms with E-state index in [1.165, 1.54) is 57.3 Å². The predicted molar refractivity (Wildman–Crippen MR) is 134 cm³/mol. The summed E-state index contributed by atoms with van der Waals surface area (Å²) in [5.41, 5.74) is 1.27. The molecular formula is C23H39FIN5. The van der Waals surface area contributed by atoms with Gasteiger partial charge in [0.25, 0.3) is 0 Å². The zero-order chi connectivity index (χ0) is 20.7. The Morgan fingerprint density at radius 3 is 2.33 bits per heavy atom. The lowest BCUT2D eigenvalue weighted by Crippen LogP contribution is -2.58. The number of likely N-dealkylation sites (tertiary alicyclic amines) is 2. The molecule has 0 bridgehead atoms. The van der Waals surface area contributed by atoms with Crippen LogP contribution in [0.3, 0.4) is 0 Å². The number of benzene rings is 1. The first-order valence-corrected chi connectivity index (χ1v) is 11.2. The molecule has 170 valence electrons. The highest BCUT2D eigenvalue weighted by Crippen LogP contribution is 2.31. The number of piperidine rings is 2. The number of nitrogens with one attached hydrogen (secondary N) is 1. The van der Waals surface area contributed by atoms with Crippen molar-refractivity contribution >= 4 is 29.9 Å². The van der Waals surface area contributed by atoms with Crippen molar-refractivity contribution in [3.8, 4) is 0 Å². The minimum absolute atomic E-state index is 0. The first-order valence-electron chi connectivity index (χ1n) is 11.2. The molecule has 0 spiro atoms. The van der Waals surface area contributed by atoms with Crippen molar-refractivity contribution in [2.45, 2.75) is 51.1 Å². The van der Waals surface area contributed by atoms with E-state index in [1.807, 2.05) is 12.1 Å². The van der Waals surface area contributed by atoms with Gasteiger partial charge >= 0.3 is 0 Å². The van der Waals surface area contributed by atoms with Crippen LogP contribution in [-0.2, 0) is 6.54 Å². The number of rotatable bonds is 6. The molecule has 1 aromatic rings. The van der Waals surface area contributed by atoms with Gasteiger partial charge in [0.05, 0.1) is 6.54 Å². The molecule has 2 saturated heterocycles. The standard InChI is InChI=1S/C23H38FN5.HI/c1-4-25-22(28(3)18-20-8-10-21(24)11-9-20)26-19-23(12-16-27(2)17-13-23)29-14-6-5-7-15-29;/h8-11H,4-7,12-19H2,1-3H3,(H,25,26);1H. The first kappa shape index (κ1) is 25.3. The molecule has 2 heterocycles. The topological polar surface area (TPSA) is 34.1 Å². The predicted octanol–water partition coefficient (Wildman–Crippen LogP) is 3.79. The molecule has 0 aliphatic carbocycles. The normalized spacial score (nSPS) is 20.5. The van der Waals surface area contributed by atoms with Crippen LogP contribution in [0.2, 0.25) is 0 Å². The van der Waals surface area contributed by atoms with Crippen LogP contribution in [0.25, 0.3) is 0 Å². The van der Waals surface area contributed by atoms with E-state index in [1.54, 1.807) is 0 Å². The Hall–Kier alpha value is -0.930. The molecule has 5 nitrogen and oxygen atoms in total. The third kappa shape index (κ3) is 6.79. The zero-order valence-corrected chi connectivity index (χ0v) is 21.2. The molecule has 0 atom stereocenters. The Labute approximate surface area is 199 Å². The van der Waals surface area contributed by atoms with Crippen LogP contribution in [0, 0.1) is 5.82 Å². The van der Waals surface area contributed by atoms with Gasteiger partial charge in [-0.3, -0.25) is 9.89 Å². The summed E-state index contributed by atoms with van der Waals surface area (Å²) in [4.78, 5) is 12.4. The van der Waals surface area contributed by atoms with Gasteiger partial charge in [0.1, 0.15) is 5.82 Å². The minimum Gasteiger partial charge on any atom is -0.357 e. The van der Waals surface area contributed by atoms with Crippen LogP contribution in [-0.4, -0.2) is 79.6 Å². The maximum Gasteiger partial charge on any atom is 0.194 e. The van der Waals surface area contributed by atoms with E-state index in [0.29, 0.717) is 6.54 Å². The van der Waals surface area contributed by atoms with Crippen molar-refractivity contribution in [1.29, 1.82) is 0 Å². The maximum atomic E-state index is 13.2. The van der Waals surface area contributed by atoms with E-state index in [9.17, 15) is 4.39 Å². The van der Waals surface area contributed by atoms with Crippen LogP contribution in [0.5, 0.6) is 0 Å². The van der Waals surface area contributed by atoms with Crippen LogP contribution in [0.1, 0.15) is 44.6 Å². The second-order valence-electron chi connectivity index (χ2n) is 8.73. The summed E-state index contributed by atoms with van der Waals surface area (Å²) < 4.78 is 13.2. The number of halogens is 2. The molecule has 0 radical (unpaired) electrons. The molecule has 0 aromatic heterocycles. The molecule has 3 rings (SSSR count). The molecule has 2 aliphatic rings. The van der Waals surface area contributed by atoms with E-state index in [-0.39, 0.29) is 35.3 Å². The number of hydrogen-bond acceptors (Lipinski definition) is 3. The van der Waals surface area contributed by atoms with Crippen molar-refractivity contribution in [1.82, 2.24) is 20.0 Å². The first-order chi connectivity index (χ1) is 14.0. The van der Waals surface area contributed by atoms with Crippen LogP contribution in [0.15, 0.2) is 29.3 Å². The summed E-state index contributed by atoms with van der Waals surface area (Å²) in [6.07, 6.45) is 6.36. The lowest BCUT2D eigenvalue weighted by molar-refractivity contribution is 0.0206. The summed E-state index contributed by atoms with van der Waals surface area (Å²) in [5.74, 6) is 0.745. The van der Waals surface area contributed by atoms with E-state index in [0.717, 1.165) is 37.7 Å². The van der Waals surface area contributed by atoms with E-state index in [4.69, 9.17) is 4.99 Å². The number of nitrogens with zero attached hydrogens (tertiary/aromatic N) is 4. The number of guanidine groups is 1. The summed E-state index contributed by atoms with van der Waals surface area (Å²) in [6.45, 7) is 9.22. The zero-order valence-electron chi connectivity index (χ0n) is 18.9. The molecular weight excluding hydrogens is 492 g/mol. The summed E-state index contributed by atoms with van der Waals surface area (Å²) in [7, 11) is 4.29. The monoisotopic (exact) mass is 531 g/mol. The van der Waals surface area contributed by atoms with Crippen LogP contribution in [0.4, 0.5) is 4.39 Å². The smallest absolute Gasteiger partial charge is 0.194 e. The number of aliphatic imine (C=N–C) groups is 1. The largest absolute Gasteiger partial charge is 0.357 e. The van der Waals surface area contributed by atoms with Crippen LogP contribution < -0.4 is 5.32 Å². The van der Waals surface area contributed by atoms with Crippen molar-refractivity contribution in [3.05, 3.63) is 35.6 Å². The van der Waals surface area contributed by atoms with E-state index >= 15 is 0 Å². The van der Waals surface area contributed by atoms with Gasteiger partial charge in [0, 0.05) is 25.7 Å². The van der Waals surface area contributed by atoms with Crippen molar-refractivity contribution < 1.29 is 4.39 Å². The van der Waals surface area contributed by atoms with Gasteiger partial charge in [-0.15, -0.1) is 24.0 Å². The Balaban J connectivity index is 0.00000320. The summed E-state index contributed by atoms with van der Waals surface area (Å²) in [5, 5.41) is 3.46. The van der Waals surface area contributed by atoms with Gasteiger partial charge < -0.3 is 15.1 Å². The molecule has 7 heteroatoms. The second-order valence-corrected chi connectivity index (χ2v) is 8.73.